The van der Waals surface area contributed by atoms with E-state index in [1.807, 2.05) is 0 Å². The summed E-state index contributed by atoms with van der Waals surface area (Å²) >= 11 is 5.65. The average molecular weight is 288 g/mol. The third-order valence-corrected chi connectivity index (χ3v) is 2.81. The molecular formula is C13H18ClNO4. The van der Waals surface area contributed by atoms with Crippen molar-refractivity contribution < 1.29 is 14.4 Å². The number of alkyl halides is 1. The number of halogens is 1. The van der Waals surface area contributed by atoms with Gasteiger partial charge in [0.2, 0.25) is 0 Å². The van der Waals surface area contributed by atoms with E-state index in [9.17, 15) is 10.1 Å². The molecule has 0 radical (unpaired) electrons. The predicted molar refractivity (Wildman–Crippen MR) is 73.9 cm³/mol. The lowest BCUT2D eigenvalue weighted by molar-refractivity contribution is -0.385. The molecule has 5 nitrogen and oxygen atoms in total. The first-order valence-electron chi connectivity index (χ1n) is 6.22. The first-order valence-corrected chi connectivity index (χ1v) is 6.76. The Morgan fingerprint density at radius 2 is 2.11 bits per heavy atom. The first kappa shape index (κ1) is 15.7. The van der Waals surface area contributed by atoms with Crippen LogP contribution in [0, 0.1) is 10.1 Å². The number of hydrogen-bond donors (Lipinski definition) is 0. The molecule has 0 unspecified atom stereocenters. The molecule has 0 aromatic heterocycles. The molecule has 0 spiro atoms. The van der Waals surface area contributed by atoms with Crippen LogP contribution >= 0.6 is 11.6 Å². The highest BCUT2D eigenvalue weighted by Gasteiger charge is 2.15. The van der Waals surface area contributed by atoms with E-state index < -0.39 is 4.92 Å². The maximum Gasteiger partial charge on any atom is 0.311 e. The summed E-state index contributed by atoms with van der Waals surface area (Å²) < 4.78 is 10.7. The van der Waals surface area contributed by atoms with Crippen LogP contribution < -0.4 is 4.74 Å². The van der Waals surface area contributed by atoms with E-state index in [0.29, 0.717) is 25.4 Å². The standard InChI is InChI=1S/C13H18ClNO4/c1-2-3-6-18-7-8-19-13-5-4-11(10-14)9-12(13)15(16)17/h4-5,9H,2-3,6-8,10H2,1H3. The Labute approximate surface area is 117 Å². The summed E-state index contributed by atoms with van der Waals surface area (Å²) in [6.45, 7) is 3.49. The van der Waals surface area contributed by atoms with Gasteiger partial charge < -0.3 is 9.47 Å². The lowest BCUT2D eigenvalue weighted by Crippen LogP contribution is -2.08. The van der Waals surface area contributed by atoms with Crippen molar-refractivity contribution in [3.05, 3.63) is 33.9 Å². The Hall–Kier alpha value is -1.33. The molecule has 0 bridgehead atoms. The van der Waals surface area contributed by atoms with Crippen LogP contribution in [0.25, 0.3) is 0 Å². The fourth-order valence-electron chi connectivity index (χ4n) is 1.47. The normalized spacial score (nSPS) is 10.4. The molecule has 6 heteroatoms. The number of nitrogens with zero attached hydrogens (tertiary/aromatic N) is 1. The second-order valence-electron chi connectivity index (χ2n) is 4.01. The highest BCUT2D eigenvalue weighted by Crippen LogP contribution is 2.28. The monoisotopic (exact) mass is 287 g/mol. The quantitative estimate of drug-likeness (QED) is 0.302. The van der Waals surface area contributed by atoms with Crippen molar-refractivity contribution in [3.8, 4) is 5.75 Å². The molecule has 0 saturated carbocycles. The number of benzene rings is 1. The molecular weight excluding hydrogens is 270 g/mol. The molecule has 0 saturated heterocycles. The lowest BCUT2D eigenvalue weighted by Gasteiger charge is -2.08. The molecule has 0 aliphatic carbocycles. The second kappa shape index (κ2) is 8.72. The van der Waals surface area contributed by atoms with Crippen LogP contribution in [0.1, 0.15) is 25.3 Å². The molecule has 0 heterocycles. The van der Waals surface area contributed by atoms with Gasteiger partial charge in [0.05, 0.1) is 11.5 Å². The van der Waals surface area contributed by atoms with Gasteiger partial charge >= 0.3 is 5.69 Å². The number of hydrogen-bond acceptors (Lipinski definition) is 4. The Morgan fingerprint density at radius 3 is 2.74 bits per heavy atom. The van der Waals surface area contributed by atoms with Crippen LogP contribution in [0.5, 0.6) is 5.75 Å². The van der Waals surface area contributed by atoms with E-state index in [-0.39, 0.29) is 17.3 Å². The zero-order valence-corrected chi connectivity index (χ0v) is 11.7. The fourth-order valence-corrected chi connectivity index (χ4v) is 1.64. The van der Waals surface area contributed by atoms with Gasteiger partial charge in [-0.05, 0) is 18.1 Å². The van der Waals surface area contributed by atoms with Gasteiger partial charge in [0.25, 0.3) is 0 Å². The molecule has 1 aromatic carbocycles. The smallest absolute Gasteiger partial charge is 0.311 e. The molecule has 1 rings (SSSR count). The molecule has 0 amide bonds. The predicted octanol–water partition coefficient (Wildman–Crippen LogP) is 3.53. The maximum atomic E-state index is 10.9. The van der Waals surface area contributed by atoms with Gasteiger partial charge in [0.1, 0.15) is 6.61 Å². The SMILES string of the molecule is CCCCOCCOc1ccc(CCl)cc1[N+](=O)[O-]. The first-order chi connectivity index (χ1) is 9.19. The number of rotatable bonds is 9. The Balaban J connectivity index is 2.50. The third kappa shape index (κ3) is 5.44. The minimum Gasteiger partial charge on any atom is -0.484 e. The summed E-state index contributed by atoms with van der Waals surface area (Å²) in [5.41, 5.74) is 0.631. The molecule has 0 N–H and O–H groups in total. The minimum atomic E-state index is -0.469. The van der Waals surface area contributed by atoms with Gasteiger partial charge in [-0.15, -0.1) is 11.6 Å². The van der Waals surface area contributed by atoms with E-state index in [2.05, 4.69) is 6.92 Å². The maximum absolute atomic E-state index is 10.9. The molecule has 0 fully saturated rings. The molecule has 0 atom stereocenters. The fraction of sp³-hybridized carbons (Fsp3) is 0.538. The highest BCUT2D eigenvalue weighted by atomic mass is 35.5. The highest BCUT2D eigenvalue weighted by molar-refractivity contribution is 6.17. The summed E-state index contributed by atoms with van der Waals surface area (Å²) in [5, 5.41) is 10.9. The van der Waals surface area contributed by atoms with E-state index in [4.69, 9.17) is 21.1 Å². The van der Waals surface area contributed by atoms with Crippen molar-refractivity contribution in [1.82, 2.24) is 0 Å². The van der Waals surface area contributed by atoms with Crippen LogP contribution in [-0.4, -0.2) is 24.7 Å². The van der Waals surface area contributed by atoms with Crippen molar-refractivity contribution in [2.24, 2.45) is 0 Å². The van der Waals surface area contributed by atoms with Crippen LogP contribution in [-0.2, 0) is 10.6 Å². The van der Waals surface area contributed by atoms with Crippen LogP contribution in [0.3, 0.4) is 0 Å². The van der Waals surface area contributed by atoms with Crippen molar-refractivity contribution in [2.75, 3.05) is 19.8 Å². The third-order valence-electron chi connectivity index (χ3n) is 2.50. The zero-order chi connectivity index (χ0) is 14.1. The van der Waals surface area contributed by atoms with Gasteiger partial charge in [-0.1, -0.05) is 19.4 Å². The molecule has 0 aliphatic rings. The van der Waals surface area contributed by atoms with Crippen molar-refractivity contribution >= 4 is 17.3 Å². The summed E-state index contributed by atoms with van der Waals surface area (Å²) in [6, 6.07) is 4.72. The Bertz CT molecular complexity index is 412. The molecule has 106 valence electrons. The Morgan fingerprint density at radius 1 is 1.32 bits per heavy atom. The van der Waals surface area contributed by atoms with Crippen molar-refractivity contribution in [2.45, 2.75) is 25.6 Å². The second-order valence-corrected chi connectivity index (χ2v) is 4.27. The van der Waals surface area contributed by atoms with E-state index >= 15 is 0 Å². The lowest BCUT2D eigenvalue weighted by atomic mass is 10.2. The van der Waals surface area contributed by atoms with Crippen LogP contribution in [0.4, 0.5) is 5.69 Å². The van der Waals surface area contributed by atoms with Gasteiger partial charge in [0.15, 0.2) is 5.75 Å². The minimum absolute atomic E-state index is 0.0632. The average Bonchev–Trinajstić information content (AvgIpc) is 2.42. The van der Waals surface area contributed by atoms with Crippen LogP contribution in [0.15, 0.2) is 18.2 Å². The zero-order valence-electron chi connectivity index (χ0n) is 10.9. The van der Waals surface area contributed by atoms with E-state index in [1.54, 1.807) is 12.1 Å². The largest absolute Gasteiger partial charge is 0.484 e. The number of unbranched alkanes of at least 4 members (excludes halogenated alkanes) is 1. The summed E-state index contributed by atoms with van der Waals surface area (Å²) in [7, 11) is 0. The number of nitro benzene ring substituents is 1. The molecule has 0 aliphatic heterocycles. The molecule has 19 heavy (non-hydrogen) atoms. The topological polar surface area (TPSA) is 61.6 Å². The number of nitro groups is 1. The van der Waals surface area contributed by atoms with Gasteiger partial charge in [-0.25, -0.2) is 0 Å². The van der Waals surface area contributed by atoms with Gasteiger partial charge in [-0.3, -0.25) is 10.1 Å². The number of ether oxygens (including phenoxy) is 2. The summed E-state index contributed by atoms with van der Waals surface area (Å²) in [4.78, 5) is 10.4. The van der Waals surface area contributed by atoms with Crippen molar-refractivity contribution in [1.29, 1.82) is 0 Å². The van der Waals surface area contributed by atoms with Gasteiger partial charge in [-0.2, -0.15) is 0 Å². The van der Waals surface area contributed by atoms with Crippen LogP contribution in [0.2, 0.25) is 0 Å². The summed E-state index contributed by atoms with van der Waals surface area (Å²) in [5.74, 6) is 0.485. The Kier molecular flexibility index (Phi) is 7.22. The van der Waals surface area contributed by atoms with Crippen molar-refractivity contribution in [3.63, 3.8) is 0 Å². The van der Waals surface area contributed by atoms with Gasteiger partial charge in [0, 0.05) is 18.6 Å². The van der Waals surface area contributed by atoms with E-state index in [1.165, 1.54) is 6.07 Å². The molecule has 1 aromatic rings. The van der Waals surface area contributed by atoms with E-state index in [0.717, 1.165) is 12.8 Å². The summed E-state index contributed by atoms with van der Waals surface area (Å²) in [6.07, 6.45) is 2.08.